The average Bonchev–Trinajstić information content (AvgIpc) is 3.10. The van der Waals surface area contributed by atoms with Gasteiger partial charge in [0.15, 0.2) is 5.11 Å². The van der Waals surface area contributed by atoms with E-state index < -0.39 is 0 Å². The Morgan fingerprint density at radius 3 is 2.81 bits per heavy atom. The van der Waals surface area contributed by atoms with Crippen LogP contribution in [0.5, 0.6) is 5.75 Å². The number of nitrogens with zero attached hydrogens (tertiary/aromatic N) is 4. The van der Waals surface area contributed by atoms with Crippen molar-refractivity contribution >= 4 is 39.5 Å². The SMILES string of the molecule is NC(=S)N/N=C/c1ccccc1OCc1cn(Cc2ccc(Br)cc2)nn1. The summed E-state index contributed by atoms with van der Waals surface area (Å²) < 4.78 is 8.68. The molecule has 0 aliphatic carbocycles. The highest BCUT2D eigenvalue weighted by Gasteiger charge is 2.05. The van der Waals surface area contributed by atoms with Gasteiger partial charge in [0, 0.05) is 10.0 Å². The van der Waals surface area contributed by atoms with Crippen LogP contribution in [0.25, 0.3) is 0 Å². The summed E-state index contributed by atoms with van der Waals surface area (Å²) in [4.78, 5) is 0. The first-order chi connectivity index (χ1) is 13.1. The Hall–Kier alpha value is -2.78. The fraction of sp³-hybridized carbons (Fsp3) is 0.111. The second-order valence-electron chi connectivity index (χ2n) is 5.59. The lowest BCUT2D eigenvalue weighted by Crippen LogP contribution is -2.24. The van der Waals surface area contributed by atoms with Crippen LogP contribution in [-0.2, 0) is 13.2 Å². The third kappa shape index (κ3) is 5.87. The maximum Gasteiger partial charge on any atom is 0.184 e. The van der Waals surface area contributed by atoms with Gasteiger partial charge in [0.05, 0.1) is 19.0 Å². The summed E-state index contributed by atoms with van der Waals surface area (Å²) >= 11 is 8.15. The Bertz CT molecular complexity index is 941. The Kier molecular flexibility index (Phi) is 6.50. The van der Waals surface area contributed by atoms with Crippen LogP contribution in [0.15, 0.2) is 64.3 Å². The molecule has 0 fully saturated rings. The van der Waals surface area contributed by atoms with Crippen LogP contribution in [0, 0.1) is 0 Å². The van der Waals surface area contributed by atoms with Gasteiger partial charge in [-0.15, -0.1) is 5.10 Å². The number of para-hydroxylation sites is 1. The normalized spacial score (nSPS) is 10.9. The minimum Gasteiger partial charge on any atom is -0.486 e. The van der Waals surface area contributed by atoms with E-state index in [2.05, 4.69) is 36.8 Å². The number of halogens is 1. The zero-order valence-corrected chi connectivity index (χ0v) is 16.7. The van der Waals surface area contributed by atoms with Crippen molar-refractivity contribution in [3.05, 3.63) is 76.0 Å². The van der Waals surface area contributed by atoms with Crippen LogP contribution in [0.2, 0.25) is 0 Å². The number of hydrogen-bond acceptors (Lipinski definition) is 5. The minimum atomic E-state index is 0.104. The van der Waals surface area contributed by atoms with E-state index in [0.29, 0.717) is 18.9 Å². The highest BCUT2D eigenvalue weighted by molar-refractivity contribution is 9.10. The van der Waals surface area contributed by atoms with Crippen molar-refractivity contribution in [2.24, 2.45) is 10.8 Å². The van der Waals surface area contributed by atoms with Crippen molar-refractivity contribution in [2.45, 2.75) is 13.2 Å². The zero-order valence-electron chi connectivity index (χ0n) is 14.2. The number of hydrogen-bond donors (Lipinski definition) is 2. The Balaban J connectivity index is 1.61. The first-order valence-corrected chi connectivity index (χ1v) is 9.24. The van der Waals surface area contributed by atoms with Gasteiger partial charge in [0.2, 0.25) is 0 Å². The molecule has 138 valence electrons. The molecule has 7 nitrogen and oxygen atoms in total. The van der Waals surface area contributed by atoms with Crippen LogP contribution >= 0.6 is 28.1 Å². The summed E-state index contributed by atoms with van der Waals surface area (Å²) in [5, 5.41) is 12.4. The molecule has 3 aromatic rings. The summed E-state index contributed by atoms with van der Waals surface area (Å²) in [6, 6.07) is 15.6. The van der Waals surface area contributed by atoms with E-state index in [1.165, 1.54) is 0 Å². The monoisotopic (exact) mass is 444 g/mol. The van der Waals surface area contributed by atoms with Crippen molar-refractivity contribution in [1.82, 2.24) is 20.4 Å². The van der Waals surface area contributed by atoms with Crippen molar-refractivity contribution < 1.29 is 4.74 Å². The smallest absolute Gasteiger partial charge is 0.184 e. The molecule has 0 spiro atoms. The molecule has 0 aliphatic heterocycles. The van der Waals surface area contributed by atoms with E-state index in [1.54, 1.807) is 10.9 Å². The van der Waals surface area contributed by atoms with Gasteiger partial charge >= 0.3 is 0 Å². The van der Waals surface area contributed by atoms with Crippen LogP contribution in [0.4, 0.5) is 0 Å². The predicted molar refractivity (Wildman–Crippen MR) is 112 cm³/mol. The number of nitrogens with two attached hydrogens (primary N) is 1. The fourth-order valence-corrected chi connectivity index (χ4v) is 2.61. The standard InChI is InChI=1S/C18H17BrN6OS/c19-15-7-5-13(6-8-15)10-25-11-16(22-24-25)12-26-17-4-2-1-3-14(17)9-21-23-18(20)27/h1-9,11H,10,12H2,(H3,20,23,27)/b21-9+. The molecular formula is C18H17BrN6OS. The Morgan fingerprint density at radius 2 is 2.04 bits per heavy atom. The number of rotatable bonds is 7. The van der Waals surface area contributed by atoms with E-state index in [9.17, 15) is 0 Å². The number of nitrogens with one attached hydrogen (secondary N) is 1. The molecule has 0 saturated heterocycles. The van der Waals surface area contributed by atoms with Gasteiger partial charge < -0.3 is 10.5 Å². The molecule has 1 aromatic heterocycles. The molecule has 9 heteroatoms. The molecular weight excluding hydrogens is 428 g/mol. The zero-order chi connectivity index (χ0) is 19.1. The third-order valence-corrected chi connectivity index (χ3v) is 4.14. The fourth-order valence-electron chi connectivity index (χ4n) is 2.29. The number of ether oxygens (including phenoxy) is 1. The summed E-state index contributed by atoms with van der Waals surface area (Å²) in [7, 11) is 0. The highest BCUT2D eigenvalue weighted by atomic mass is 79.9. The van der Waals surface area contributed by atoms with E-state index in [4.69, 9.17) is 22.7 Å². The molecule has 1 heterocycles. The molecule has 0 atom stereocenters. The second-order valence-corrected chi connectivity index (χ2v) is 6.95. The number of thiocarbonyl (C=S) groups is 1. The van der Waals surface area contributed by atoms with E-state index in [1.807, 2.05) is 54.7 Å². The minimum absolute atomic E-state index is 0.104. The first kappa shape index (κ1) is 19.0. The van der Waals surface area contributed by atoms with Crippen LogP contribution < -0.4 is 15.9 Å². The quantitative estimate of drug-likeness (QED) is 0.330. The lowest BCUT2D eigenvalue weighted by atomic mass is 10.2. The molecule has 0 aliphatic rings. The lowest BCUT2D eigenvalue weighted by molar-refractivity contribution is 0.300. The van der Waals surface area contributed by atoms with Crippen LogP contribution in [-0.4, -0.2) is 26.3 Å². The number of hydrazone groups is 1. The molecule has 2 aromatic carbocycles. The van der Waals surface area contributed by atoms with Crippen molar-refractivity contribution in [3.63, 3.8) is 0 Å². The molecule has 0 unspecified atom stereocenters. The van der Waals surface area contributed by atoms with E-state index >= 15 is 0 Å². The van der Waals surface area contributed by atoms with Crippen molar-refractivity contribution in [3.8, 4) is 5.75 Å². The molecule has 3 N–H and O–H groups in total. The largest absolute Gasteiger partial charge is 0.486 e. The van der Waals surface area contributed by atoms with Gasteiger partial charge in [0.1, 0.15) is 18.1 Å². The van der Waals surface area contributed by atoms with Gasteiger partial charge in [-0.3, -0.25) is 5.43 Å². The lowest BCUT2D eigenvalue weighted by Gasteiger charge is -2.07. The van der Waals surface area contributed by atoms with Gasteiger partial charge in [-0.25, -0.2) is 4.68 Å². The Morgan fingerprint density at radius 1 is 1.26 bits per heavy atom. The molecule has 3 rings (SSSR count). The van der Waals surface area contributed by atoms with E-state index in [0.717, 1.165) is 21.3 Å². The molecule has 27 heavy (non-hydrogen) atoms. The summed E-state index contributed by atoms with van der Waals surface area (Å²) in [6.45, 7) is 0.947. The third-order valence-electron chi connectivity index (χ3n) is 3.52. The predicted octanol–water partition coefficient (Wildman–Crippen LogP) is 2.84. The van der Waals surface area contributed by atoms with Crippen molar-refractivity contribution in [2.75, 3.05) is 0 Å². The summed E-state index contributed by atoms with van der Waals surface area (Å²) in [5.41, 5.74) is 10.5. The van der Waals surface area contributed by atoms with Crippen LogP contribution in [0.1, 0.15) is 16.8 Å². The van der Waals surface area contributed by atoms with Crippen molar-refractivity contribution in [1.29, 1.82) is 0 Å². The first-order valence-electron chi connectivity index (χ1n) is 8.04. The van der Waals surface area contributed by atoms with Gasteiger partial charge in [0.25, 0.3) is 0 Å². The molecule has 0 radical (unpaired) electrons. The second kappa shape index (κ2) is 9.24. The molecule has 0 bridgehead atoms. The van der Waals surface area contributed by atoms with Gasteiger partial charge in [-0.2, -0.15) is 5.10 Å². The number of aromatic nitrogens is 3. The van der Waals surface area contributed by atoms with E-state index in [-0.39, 0.29) is 5.11 Å². The number of benzene rings is 2. The Labute approximate surface area is 170 Å². The summed E-state index contributed by atoms with van der Waals surface area (Å²) in [5.74, 6) is 0.674. The summed E-state index contributed by atoms with van der Waals surface area (Å²) in [6.07, 6.45) is 3.46. The van der Waals surface area contributed by atoms with Gasteiger partial charge in [-0.05, 0) is 42.0 Å². The highest BCUT2D eigenvalue weighted by Crippen LogP contribution is 2.17. The van der Waals surface area contributed by atoms with Crippen LogP contribution in [0.3, 0.4) is 0 Å². The maximum absolute atomic E-state index is 5.85. The average molecular weight is 445 g/mol. The maximum atomic E-state index is 5.85. The topological polar surface area (TPSA) is 90.3 Å². The molecule has 0 amide bonds. The van der Waals surface area contributed by atoms with Gasteiger partial charge in [-0.1, -0.05) is 45.4 Å². The molecule has 0 saturated carbocycles.